The first-order valence-electron chi connectivity index (χ1n) is 1.94. The molecule has 0 saturated heterocycles. The van der Waals surface area contributed by atoms with Crippen molar-refractivity contribution in [1.29, 1.82) is 0 Å². The molecule has 0 fully saturated rings. The van der Waals surface area contributed by atoms with Crippen molar-refractivity contribution >= 4 is 0 Å². The van der Waals surface area contributed by atoms with Crippen molar-refractivity contribution < 1.29 is 14.9 Å². The molecule has 0 radical (unpaired) electrons. The normalized spacial score (nSPS) is 12.0. The average molecular weight is 107 g/mol. The van der Waals surface area contributed by atoms with Crippen LogP contribution in [0.15, 0.2) is 0 Å². The van der Waals surface area contributed by atoms with Gasteiger partial charge in [0.2, 0.25) is 0 Å². The van der Waals surface area contributed by atoms with Gasteiger partial charge in [0, 0.05) is 0 Å². The molecule has 4 heteroatoms. The summed E-state index contributed by atoms with van der Waals surface area (Å²) in [7, 11) is 0. The highest BCUT2D eigenvalue weighted by Gasteiger charge is 2.13. The van der Waals surface area contributed by atoms with Crippen LogP contribution in [0.25, 0.3) is 0 Å². The Labute approximate surface area is 41.5 Å². The summed E-state index contributed by atoms with van der Waals surface area (Å²) >= 11 is 0. The molecule has 0 heterocycles. The summed E-state index contributed by atoms with van der Waals surface area (Å²) in [6, 6.07) is 0. The first-order valence-corrected chi connectivity index (χ1v) is 1.94. The van der Waals surface area contributed by atoms with Crippen molar-refractivity contribution in [3.8, 4) is 0 Å². The first kappa shape index (κ1) is 6.84. The second-order valence-electron chi connectivity index (χ2n) is 1.09. The third-order valence-corrected chi connectivity index (χ3v) is 0.357. The maximum Gasteiger partial charge on any atom is 0.343 e. The highest BCUT2D eigenvalue weighted by Crippen LogP contribution is 1.87. The van der Waals surface area contributed by atoms with Gasteiger partial charge in [-0.2, -0.15) is 0 Å². The zero-order valence-electron chi connectivity index (χ0n) is 4.09. The van der Waals surface area contributed by atoms with Gasteiger partial charge in [0.05, 0.1) is 6.61 Å². The topological polar surface area (TPSA) is 75.7 Å². The Kier molecular flexibility index (Phi) is 2.17. The van der Waals surface area contributed by atoms with Gasteiger partial charge in [0.15, 0.2) is 0 Å². The molecule has 7 heavy (non-hydrogen) atoms. The van der Waals surface area contributed by atoms with Gasteiger partial charge in [-0.25, -0.2) is 0 Å². The maximum atomic E-state index is 8.13. The van der Waals surface area contributed by atoms with Crippen LogP contribution in [-0.2, 0) is 4.74 Å². The summed E-state index contributed by atoms with van der Waals surface area (Å²) in [4.78, 5) is 0. The lowest BCUT2D eigenvalue weighted by molar-refractivity contribution is -0.331. The standard InChI is InChI=1S/C3H9NO3/c1-2-7-3(4,5)6/h5-6H,2,4H2,1H3. The van der Waals surface area contributed by atoms with Crippen molar-refractivity contribution in [3.05, 3.63) is 0 Å². The average Bonchev–Trinajstić information content (AvgIpc) is 1.30. The number of ether oxygens (including phenoxy) is 1. The Balaban J connectivity index is 3.15. The van der Waals surface area contributed by atoms with E-state index in [1.54, 1.807) is 6.92 Å². The Morgan fingerprint density at radius 1 is 1.71 bits per heavy atom. The molecule has 0 aromatic heterocycles. The first-order chi connectivity index (χ1) is 3.06. The molecule has 44 valence electrons. The second-order valence-corrected chi connectivity index (χ2v) is 1.09. The molecule has 0 spiro atoms. The van der Waals surface area contributed by atoms with Crippen LogP contribution in [0.5, 0.6) is 0 Å². The lowest BCUT2D eigenvalue weighted by atomic mass is 10.8. The van der Waals surface area contributed by atoms with Crippen LogP contribution < -0.4 is 5.73 Å². The third kappa shape index (κ3) is 5.84. The number of hydrogen-bond donors (Lipinski definition) is 3. The molecule has 4 N–H and O–H groups in total. The molecule has 0 unspecified atom stereocenters. The molecule has 0 aliphatic carbocycles. The van der Waals surface area contributed by atoms with Gasteiger partial charge in [-0.1, -0.05) is 0 Å². The van der Waals surface area contributed by atoms with Gasteiger partial charge in [0.25, 0.3) is 0 Å². The Morgan fingerprint density at radius 2 is 2.14 bits per heavy atom. The van der Waals surface area contributed by atoms with Gasteiger partial charge in [-0.05, 0) is 6.92 Å². The molecule has 0 aliphatic heterocycles. The van der Waals surface area contributed by atoms with Crippen molar-refractivity contribution in [2.24, 2.45) is 5.73 Å². The number of aliphatic hydroxyl groups is 2. The van der Waals surface area contributed by atoms with Crippen molar-refractivity contribution in [2.75, 3.05) is 6.61 Å². The van der Waals surface area contributed by atoms with E-state index < -0.39 is 6.10 Å². The van der Waals surface area contributed by atoms with E-state index in [0.29, 0.717) is 0 Å². The van der Waals surface area contributed by atoms with Crippen molar-refractivity contribution in [3.63, 3.8) is 0 Å². The summed E-state index contributed by atoms with van der Waals surface area (Å²) in [5.41, 5.74) is 4.53. The summed E-state index contributed by atoms with van der Waals surface area (Å²) < 4.78 is 4.12. The largest absolute Gasteiger partial charge is 0.343 e. The van der Waals surface area contributed by atoms with E-state index in [-0.39, 0.29) is 6.61 Å². The van der Waals surface area contributed by atoms with Crippen LogP contribution in [0.4, 0.5) is 0 Å². The minimum Gasteiger partial charge on any atom is -0.330 e. The van der Waals surface area contributed by atoms with Gasteiger partial charge in [-0.15, -0.1) is 0 Å². The number of hydrogen-bond acceptors (Lipinski definition) is 4. The summed E-state index contributed by atoms with van der Waals surface area (Å²) in [5.74, 6) is 0. The van der Waals surface area contributed by atoms with Gasteiger partial charge in [-0.3, -0.25) is 5.73 Å². The molecule has 0 aromatic carbocycles. The van der Waals surface area contributed by atoms with E-state index in [2.05, 4.69) is 10.5 Å². The Bertz CT molecular complexity index is 48.6. The molecule has 0 amide bonds. The van der Waals surface area contributed by atoms with Crippen LogP contribution in [-0.4, -0.2) is 22.9 Å². The van der Waals surface area contributed by atoms with E-state index in [9.17, 15) is 0 Å². The summed E-state index contributed by atoms with van der Waals surface area (Å²) in [6.45, 7) is 1.79. The SMILES string of the molecule is CCOC(N)(O)O. The molecule has 0 atom stereocenters. The van der Waals surface area contributed by atoms with E-state index in [4.69, 9.17) is 10.2 Å². The van der Waals surface area contributed by atoms with Gasteiger partial charge in [0.1, 0.15) is 0 Å². The minimum atomic E-state index is -2.45. The minimum absolute atomic E-state index is 0.184. The van der Waals surface area contributed by atoms with Crippen LogP contribution in [0, 0.1) is 0 Å². The molecule has 0 aromatic rings. The van der Waals surface area contributed by atoms with Gasteiger partial charge < -0.3 is 14.9 Å². The Hall–Kier alpha value is -0.160. The summed E-state index contributed by atoms with van der Waals surface area (Å²) in [6.07, 6.45) is -2.45. The van der Waals surface area contributed by atoms with E-state index in [1.165, 1.54) is 0 Å². The molecule has 0 bridgehead atoms. The molecule has 0 aliphatic rings. The molecule has 0 rings (SSSR count). The van der Waals surface area contributed by atoms with Crippen LogP contribution in [0.2, 0.25) is 0 Å². The third-order valence-electron chi connectivity index (χ3n) is 0.357. The van der Waals surface area contributed by atoms with E-state index in [1.807, 2.05) is 0 Å². The fraction of sp³-hybridized carbons (Fsp3) is 1.00. The highest BCUT2D eigenvalue weighted by atomic mass is 16.8. The summed E-state index contributed by atoms with van der Waals surface area (Å²) in [5, 5.41) is 16.3. The predicted molar refractivity (Wildman–Crippen MR) is 23.0 cm³/mol. The zero-order valence-corrected chi connectivity index (χ0v) is 4.09. The Morgan fingerprint density at radius 3 is 2.14 bits per heavy atom. The maximum absolute atomic E-state index is 8.13. The zero-order chi connectivity index (χ0) is 5.91. The number of nitrogens with two attached hydrogens (primary N) is 1. The van der Waals surface area contributed by atoms with E-state index >= 15 is 0 Å². The molecular formula is C3H9NO3. The smallest absolute Gasteiger partial charge is 0.330 e. The van der Waals surface area contributed by atoms with Gasteiger partial charge >= 0.3 is 6.10 Å². The van der Waals surface area contributed by atoms with Crippen molar-refractivity contribution in [2.45, 2.75) is 13.0 Å². The fourth-order valence-corrected chi connectivity index (χ4v) is 0.212. The molecular weight excluding hydrogens is 98.0 g/mol. The molecule has 0 saturated carbocycles. The fourth-order valence-electron chi connectivity index (χ4n) is 0.212. The monoisotopic (exact) mass is 107 g/mol. The van der Waals surface area contributed by atoms with Crippen molar-refractivity contribution in [1.82, 2.24) is 0 Å². The van der Waals surface area contributed by atoms with Crippen LogP contribution in [0.3, 0.4) is 0 Å². The lowest BCUT2D eigenvalue weighted by Crippen LogP contribution is -2.42. The quantitative estimate of drug-likeness (QED) is 0.378. The highest BCUT2D eigenvalue weighted by molar-refractivity contribution is 4.28. The van der Waals surface area contributed by atoms with Crippen LogP contribution >= 0.6 is 0 Å². The lowest BCUT2D eigenvalue weighted by Gasteiger charge is -2.12. The molecule has 4 nitrogen and oxygen atoms in total. The van der Waals surface area contributed by atoms with Crippen LogP contribution in [0.1, 0.15) is 6.92 Å². The predicted octanol–water partition coefficient (Wildman–Crippen LogP) is -1.42. The second kappa shape index (κ2) is 2.23. The van der Waals surface area contributed by atoms with E-state index in [0.717, 1.165) is 0 Å². The number of rotatable bonds is 2.